The number of carbonyl (C=O) groups excluding carboxylic acids is 4. The van der Waals surface area contributed by atoms with E-state index >= 15 is 0 Å². The minimum atomic E-state index is -0.969. The Morgan fingerprint density at radius 3 is 2.63 bits per heavy atom. The van der Waals surface area contributed by atoms with Gasteiger partial charge in [0.05, 0.1) is 16.8 Å². The molecule has 3 aliphatic heterocycles. The molecule has 1 aromatic heterocycles. The smallest absolute Gasteiger partial charge is 0.262 e. The summed E-state index contributed by atoms with van der Waals surface area (Å²) in [5.74, 6) is -1.25. The van der Waals surface area contributed by atoms with Gasteiger partial charge in [0, 0.05) is 73.6 Å². The first kappa shape index (κ1) is 27.3. The number of hydrogen-bond donors (Lipinski definition) is 4. The quantitative estimate of drug-likeness (QED) is 0.261. The van der Waals surface area contributed by atoms with Gasteiger partial charge in [0.1, 0.15) is 6.04 Å². The topological polar surface area (TPSA) is 148 Å². The minimum Gasteiger partial charge on any atom is -0.388 e. The highest BCUT2D eigenvalue weighted by Gasteiger charge is 2.44. The molecule has 1 unspecified atom stereocenters. The number of amides is 4. The van der Waals surface area contributed by atoms with Crippen molar-refractivity contribution in [3.05, 3.63) is 59.0 Å². The van der Waals surface area contributed by atoms with Crippen molar-refractivity contribution >= 4 is 46.3 Å². The minimum absolute atomic E-state index is 0.0938. The fraction of sp³-hybridized carbons (Fsp3) is 0.438. The molecule has 4 N–H and O–H groups in total. The molecular formula is C32H35N7O4. The van der Waals surface area contributed by atoms with Gasteiger partial charge in [-0.2, -0.15) is 0 Å². The van der Waals surface area contributed by atoms with Crippen molar-refractivity contribution in [3.63, 3.8) is 0 Å². The number of pyridine rings is 1. The van der Waals surface area contributed by atoms with Crippen molar-refractivity contribution < 1.29 is 19.2 Å². The number of nitrogens with zero attached hydrogens (tertiary/aromatic N) is 3. The molecule has 2 saturated carbocycles. The highest BCUT2D eigenvalue weighted by atomic mass is 16.2. The van der Waals surface area contributed by atoms with Gasteiger partial charge in [0.15, 0.2) is 0 Å². The van der Waals surface area contributed by atoms with E-state index in [2.05, 4.69) is 34.0 Å². The van der Waals surface area contributed by atoms with Gasteiger partial charge in [-0.1, -0.05) is 0 Å². The number of hydrogen-bond acceptors (Lipinski definition) is 9. The van der Waals surface area contributed by atoms with Gasteiger partial charge in [-0.05, 0) is 74.3 Å². The van der Waals surface area contributed by atoms with Crippen molar-refractivity contribution in [2.75, 3.05) is 30.4 Å². The summed E-state index contributed by atoms with van der Waals surface area (Å²) in [6.45, 7) is 1.72. The maximum absolute atomic E-state index is 13.1. The zero-order valence-corrected chi connectivity index (χ0v) is 24.1. The molecule has 4 amide bonds. The number of benzene rings is 1. The molecule has 1 saturated heterocycles. The van der Waals surface area contributed by atoms with Crippen molar-refractivity contribution in [2.45, 2.75) is 57.0 Å². The van der Waals surface area contributed by atoms with Gasteiger partial charge >= 0.3 is 0 Å². The summed E-state index contributed by atoms with van der Waals surface area (Å²) in [6.07, 6.45) is 9.27. The number of allylic oxidation sites excluding steroid dienone is 1. The highest BCUT2D eigenvalue weighted by Crippen LogP contribution is 2.37. The van der Waals surface area contributed by atoms with Crippen LogP contribution in [0.4, 0.5) is 11.4 Å². The number of piperidine rings is 1. The van der Waals surface area contributed by atoms with Crippen LogP contribution >= 0.6 is 0 Å². The average Bonchev–Trinajstić information content (AvgIpc) is 3.72. The van der Waals surface area contributed by atoms with Gasteiger partial charge in [0.25, 0.3) is 11.8 Å². The van der Waals surface area contributed by atoms with E-state index in [4.69, 9.17) is 10.4 Å². The lowest BCUT2D eigenvalue weighted by molar-refractivity contribution is -0.136. The number of likely N-dealkylation sites (N-methyl/N-ethyl adjacent to an activating group) is 1. The molecule has 5 aliphatic rings. The SMILES string of the molecule is CN1CCc2cnc(/C(=C/NC3CC(CNc4ccc5c(c4)C(=O)N(C4CCC(=O)NC4=O)C5=O)C3)C(=N)C3CC3)cc21. The van der Waals surface area contributed by atoms with Gasteiger partial charge in [-0.15, -0.1) is 0 Å². The Balaban J connectivity index is 0.953. The first-order chi connectivity index (χ1) is 20.8. The number of fused-ring (bicyclic) bond motifs is 2. The second-order valence-electron chi connectivity index (χ2n) is 12.4. The lowest BCUT2D eigenvalue weighted by Gasteiger charge is -2.36. The van der Waals surface area contributed by atoms with Crippen LogP contribution in [0.2, 0.25) is 0 Å². The third-order valence-electron chi connectivity index (χ3n) is 9.38. The van der Waals surface area contributed by atoms with E-state index in [9.17, 15) is 19.2 Å². The Kier molecular flexibility index (Phi) is 6.75. The Morgan fingerprint density at radius 2 is 1.86 bits per heavy atom. The lowest BCUT2D eigenvalue weighted by Crippen LogP contribution is -2.54. The summed E-state index contributed by atoms with van der Waals surface area (Å²) in [4.78, 5) is 57.8. The van der Waals surface area contributed by atoms with Crippen molar-refractivity contribution in [1.29, 1.82) is 5.41 Å². The maximum Gasteiger partial charge on any atom is 0.262 e. The maximum atomic E-state index is 13.1. The van der Waals surface area contributed by atoms with E-state index in [0.29, 0.717) is 23.6 Å². The normalized spacial score (nSPS) is 24.9. The van der Waals surface area contributed by atoms with Crippen LogP contribution in [0, 0.1) is 17.2 Å². The van der Waals surface area contributed by atoms with Gasteiger partial charge in [0.2, 0.25) is 11.8 Å². The molecule has 4 heterocycles. The first-order valence-electron chi connectivity index (χ1n) is 15.1. The van der Waals surface area contributed by atoms with E-state index in [0.717, 1.165) is 67.0 Å². The van der Waals surface area contributed by atoms with Crippen molar-refractivity contribution in [1.82, 2.24) is 20.5 Å². The van der Waals surface area contributed by atoms with E-state index < -0.39 is 29.7 Å². The number of rotatable bonds is 9. The third-order valence-corrected chi connectivity index (χ3v) is 9.38. The Bertz CT molecular complexity index is 1590. The summed E-state index contributed by atoms with van der Waals surface area (Å²) in [5, 5.41) is 18.0. The fourth-order valence-electron chi connectivity index (χ4n) is 6.54. The molecule has 3 fully saturated rings. The van der Waals surface area contributed by atoms with Crippen LogP contribution in [-0.2, 0) is 16.0 Å². The van der Waals surface area contributed by atoms with Crippen LogP contribution in [0.3, 0.4) is 0 Å². The molecule has 2 aliphatic carbocycles. The highest BCUT2D eigenvalue weighted by molar-refractivity contribution is 6.24. The molecule has 1 atom stereocenters. The predicted octanol–water partition coefficient (Wildman–Crippen LogP) is 2.73. The van der Waals surface area contributed by atoms with Gasteiger partial charge < -0.3 is 20.9 Å². The summed E-state index contributed by atoms with van der Waals surface area (Å²) < 4.78 is 0. The molecule has 0 radical (unpaired) electrons. The molecule has 222 valence electrons. The van der Waals surface area contributed by atoms with Crippen LogP contribution in [0.1, 0.15) is 70.5 Å². The Morgan fingerprint density at radius 1 is 1.07 bits per heavy atom. The van der Waals surface area contributed by atoms with Crippen molar-refractivity contribution in [3.8, 4) is 0 Å². The molecule has 2 aromatic rings. The summed E-state index contributed by atoms with van der Waals surface area (Å²) in [5.41, 5.74) is 6.17. The monoisotopic (exact) mass is 581 g/mol. The standard InChI is InChI=1S/C32H35N7O4/c1-38-9-8-19-15-36-25(13-27(19)38)24(29(33)18-2-3-18)16-35-21-10-17(11-21)14-34-20-4-5-22-23(12-20)32(43)39(31(22)42)26-6-7-28(40)37-30(26)41/h4-5,12-13,15-18,21,26,33-35H,2-3,6-11,14H2,1H3,(H,37,40,41)/b24-16-,33-29?. The predicted molar refractivity (Wildman–Crippen MR) is 161 cm³/mol. The summed E-state index contributed by atoms with van der Waals surface area (Å²) >= 11 is 0. The van der Waals surface area contributed by atoms with Gasteiger partial charge in [-0.25, -0.2) is 0 Å². The third kappa shape index (κ3) is 5.06. The average molecular weight is 582 g/mol. The lowest BCUT2D eigenvalue weighted by atomic mass is 9.80. The summed E-state index contributed by atoms with van der Waals surface area (Å²) in [7, 11) is 2.10. The molecule has 7 rings (SSSR count). The van der Waals surface area contributed by atoms with Crippen LogP contribution < -0.4 is 20.9 Å². The number of carbonyl (C=O) groups is 4. The second kappa shape index (κ2) is 10.6. The van der Waals surface area contributed by atoms with Crippen LogP contribution in [0.5, 0.6) is 0 Å². The second-order valence-corrected chi connectivity index (χ2v) is 12.4. The van der Waals surface area contributed by atoms with Gasteiger partial charge in [-0.3, -0.25) is 34.4 Å². The zero-order valence-electron chi connectivity index (χ0n) is 24.1. The molecule has 0 bridgehead atoms. The van der Waals surface area contributed by atoms with E-state index in [1.807, 2.05) is 12.4 Å². The van der Waals surface area contributed by atoms with Crippen molar-refractivity contribution in [2.24, 2.45) is 11.8 Å². The van der Waals surface area contributed by atoms with E-state index in [1.165, 1.54) is 11.3 Å². The largest absolute Gasteiger partial charge is 0.388 e. The zero-order chi connectivity index (χ0) is 29.8. The Hall–Kier alpha value is -4.54. The molecular weight excluding hydrogens is 546 g/mol. The molecule has 1 aromatic carbocycles. The molecule has 0 spiro atoms. The molecule has 11 heteroatoms. The number of anilines is 2. The van der Waals surface area contributed by atoms with E-state index in [-0.39, 0.29) is 24.0 Å². The Labute approximate surface area is 249 Å². The number of nitrogens with one attached hydrogen (secondary N) is 4. The number of imide groups is 2. The first-order valence-corrected chi connectivity index (χ1v) is 15.1. The molecule has 11 nitrogen and oxygen atoms in total. The summed E-state index contributed by atoms with van der Waals surface area (Å²) in [6, 6.07) is 6.55. The fourth-order valence-corrected chi connectivity index (χ4v) is 6.54. The molecule has 43 heavy (non-hydrogen) atoms. The van der Waals surface area contributed by atoms with Crippen LogP contribution in [0.25, 0.3) is 5.57 Å². The number of aromatic nitrogens is 1. The van der Waals surface area contributed by atoms with Crippen LogP contribution in [0.15, 0.2) is 36.7 Å². The van der Waals surface area contributed by atoms with Crippen LogP contribution in [-0.4, -0.2) is 71.4 Å². The van der Waals surface area contributed by atoms with E-state index in [1.54, 1.807) is 18.2 Å².